The minimum Gasteiger partial charge on any atom is -0.380 e. The van der Waals surface area contributed by atoms with Crippen LogP contribution in [0.5, 0.6) is 0 Å². The Morgan fingerprint density at radius 2 is 1.80 bits per heavy atom. The van der Waals surface area contributed by atoms with Gasteiger partial charge in [-0.1, -0.05) is 6.07 Å². The molecule has 0 radical (unpaired) electrons. The molecule has 0 amide bonds. The van der Waals surface area contributed by atoms with Gasteiger partial charge in [-0.25, -0.2) is 14.6 Å². The molecule has 0 unspecified atom stereocenters. The summed E-state index contributed by atoms with van der Waals surface area (Å²) in [7, 11) is 0. The van der Waals surface area contributed by atoms with Gasteiger partial charge in [-0.15, -0.1) is 5.10 Å². The lowest BCUT2D eigenvalue weighted by Gasteiger charge is -2.26. The average Bonchev–Trinajstić information content (AvgIpc) is 3.39. The molecule has 3 aliphatic rings. The van der Waals surface area contributed by atoms with E-state index < -0.39 is 11.9 Å². The van der Waals surface area contributed by atoms with E-state index in [2.05, 4.69) is 15.0 Å². The van der Waals surface area contributed by atoms with Gasteiger partial charge in [0.15, 0.2) is 5.82 Å². The van der Waals surface area contributed by atoms with Crippen molar-refractivity contribution in [2.45, 2.75) is 62.7 Å². The largest absolute Gasteiger partial charge is 0.433 e. The smallest absolute Gasteiger partial charge is 0.380 e. The third kappa shape index (κ3) is 4.09. The van der Waals surface area contributed by atoms with E-state index in [1.165, 1.54) is 6.07 Å². The van der Waals surface area contributed by atoms with Gasteiger partial charge >= 0.3 is 6.18 Å². The third-order valence-electron chi connectivity index (χ3n) is 6.36. The molecule has 2 aromatic rings. The maximum absolute atomic E-state index is 13.1. The van der Waals surface area contributed by atoms with Crippen LogP contribution in [0.3, 0.4) is 0 Å². The second kappa shape index (κ2) is 7.92. The van der Waals surface area contributed by atoms with Crippen LogP contribution in [0.2, 0.25) is 0 Å². The molecule has 30 heavy (non-hydrogen) atoms. The summed E-state index contributed by atoms with van der Waals surface area (Å²) in [4.78, 5) is 11.0. The molecule has 2 atom stereocenters. The van der Waals surface area contributed by atoms with E-state index in [0.717, 1.165) is 76.7 Å². The highest BCUT2D eigenvalue weighted by molar-refractivity contribution is 5.49. The lowest BCUT2D eigenvalue weighted by molar-refractivity contribution is -0.141. The highest BCUT2D eigenvalue weighted by atomic mass is 19.4. The molecule has 0 aromatic carbocycles. The zero-order valence-electron chi connectivity index (χ0n) is 16.8. The second-order valence-corrected chi connectivity index (χ2v) is 8.54. The van der Waals surface area contributed by atoms with E-state index in [9.17, 15) is 13.2 Å². The van der Waals surface area contributed by atoms with E-state index in [0.29, 0.717) is 17.9 Å². The molecule has 6 nitrogen and oxygen atoms in total. The monoisotopic (exact) mass is 421 g/mol. The van der Waals surface area contributed by atoms with Crippen molar-refractivity contribution in [3.63, 3.8) is 0 Å². The van der Waals surface area contributed by atoms with Crippen LogP contribution in [-0.2, 0) is 10.9 Å². The Balaban J connectivity index is 1.39. The van der Waals surface area contributed by atoms with Gasteiger partial charge in [0.1, 0.15) is 17.2 Å². The maximum Gasteiger partial charge on any atom is 0.433 e. The van der Waals surface area contributed by atoms with Crippen LogP contribution in [0.25, 0.3) is 11.5 Å². The van der Waals surface area contributed by atoms with Crippen molar-refractivity contribution in [3.05, 3.63) is 29.7 Å². The standard InChI is InChI=1S/C21H26F3N5O/c22-21(23,24)18-4-1-3-17(25-18)19-26-20(29(27-19)15-7-8-15)14-5-6-16(13-14)28-9-2-11-30-12-10-28/h1,3-4,14-16H,2,5-13H2/t14-,16-/m1/s1. The first-order valence-corrected chi connectivity index (χ1v) is 10.8. The third-order valence-corrected chi connectivity index (χ3v) is 6.36. The minimum atomic E-state index is -4.48. The van der Waals surface area contributed by atoms with Crippen molar-refractivity contribution in [2.24, 2.45) is 0 Å². The van der Waals surface area contributed by atoms with Gasteiger partial charge in [0, 0.05) is 31.7 Å². The van der Waals surface area contributed by atoms with Gasteiger partial charge < -0.3 is 4.74 Å². The highest BCUT2D eigenvalue weighted by Gasteiger charge is 2.37. The summed E-state index contributed by atoms with van der Waals surface area (Å²) in [6, 6.07) is 4.74. The first-order valence-electron chi connectivity index (χ1n) is 10.8. The van der Waals surface area contributed by atoms with E-state index in [4.69, 9.17) is 9.72 Å². The SMILES string of the molecule is FC(F)(F)c1cccc(-c2nc([C@@H]3CC[C@@H](N4CCCOCC4)C3)n(C3CC3)n2)n1. The summed E-state index contributed by atoms with van der Waals surface area (Å²) in [6.07, 6.45) is 1.83. The molecule has 1 saturated heterocycles. The quantitative estimate of drug-likeness (QED) is 0.746. The highest BCUT2D eigenvalue weighted by Crippen LogP contribution is 2.42. The van der Waals surface area contributed by atoms with Gasteiger partial charge in [-0.3, -0.25) is 4.90 Å². The Hall–Kier alpha value is -2.00. The molecule has 2 saturated carbocycles. The molecular weight excluding hydrogens is 395 g/mol. The second-order valence-electron chi connectivity index (χ2n) is 8.54. The summed E-state index contributed by atoms with van der Waals surface area (Å²) in [5.74, 6) is 1.50. The van der Waals surface area contributed by atoms with Gasteiger partial charge in [-0.2, -0.15) is 13.2 Å². The van der Waals surface area contributed by atoms with Crippen molar-refractivity contribution < 1.29 is 17.9 Å². The lowest BCUT2D eigenvalue weighted by atomic mass is 10.1. The van der Waals surface area contributed by atoms with Gasteiger partial charge in [0.2, 0.25) is 0 Å². The molecule has 9 heteroatoms. The molecule has 162 valence electrons. The first-order chi connectivity index (χ1) is 14.5. The van der Waals surface area contributed by atoms with Crippen LogP contribution in [0.1, 0.15) is 62.0 Å². The van der Waals surface area contributed by atoms with Crippen LogP contribution in [-0.4, -0.2) is 57.0 Å². The molecule has 3 fully saturated rings. The molecule has 3 heterocycles. The number of alkyl halides is 3. The summed E-state index contributed by atoms with van der Waals surface area (Å²) in [5.41, 5.74) is -0.724. The van der Waals surface area contributed by atoms with Crippen LogP contribution in [0.15, 0.2) is 18.2 Å². The van der Waals surface area contributed by atoms with Crippen LogP contribution < -0.4 is 0 Å². The Morgan fingerprint density at radius 1 is 0.967 bits per heavy atom. The predicted octanol–water partition coefficient (Wildman–Crippen LogP) is 4.05. The number of ether oxygens (including phenoxy) is 1. The average molecular weight is 421 g/mol. The molecule has 1 aliphatic heterocycles. The topological polar surface area (TPSA) is 56.1 Å². The lowest BCUT2D eigenvalue weighted by Crippen LogP contribution is -2.35. The Morgan fingerprint density at radius 3 is 2.60 bits per heavy atom. The molecular formula is C21H26F3N5O. The van der Waals surface area contributed by atoms with Gasteiger partial charge in [-0.05, 0) is 50.7 Å². The molecule has 2 aromatic heterocycles. The number of nitrogens with zero attached hydrogens (tertiary/aromatic N) is 5. The number of pyridine rings is 1. The molecule has 0 N–H and O–H groups in total. The Kier molecular flexibility index (Phi) is 5.26. The fraction of sp³-hybridized carbons (Fsp3) is 0.667. The maximum atomic E-state index is 13.1. The van der Waals surface area contributed by atoms with Gasteiger partial charge in [0.05, 0.1) is 12.6 Å². The summed E-state index contributed by atoms with van der Waals surface area (Å²) >= 11 is 0. The predicted molar refractivity (Wildman–Crippen MR) is 104 cm³/mol. The minimum absolute atomic E-state index is 0.185. The number of rotatable bonds is 4. The fourth-order valence-electron chi connectivity index (χ4n) is 4.68. The summed E-state index contributed by atoms with van der Waals surface area (Å²) in [5, 5.41) is 4.60. The number of hydrogen-bond acceptors (Lipinski definition) is 5. The van der Waals surface area contributed by atoms with Crippen molar-refractivity contribution in [1.29, 1.82) is 0 Å². The number of aromatic nitrogens is 4. The van der Waals surface area contributed by atoms with Crippen LogP contribution in [0, 0.1) is 0 Å². The van der Waals surface area contributed by atoms with Crippen LogP contribution >= 0.6 is 0 Å². The number of halogens is 3. The van der Waals surface area contributed by atoms with E-state index in [-0.39, 0.29) is 11.6 Å². The Bertz CT molecular complexity index is 887. The molecule has 0 bridgehead atoms. The Labute approximate surface area is 173 Å². The van der Waals surface area contributed by atoms with E-state index in [1.54, 1.807) is 6.07 Å². The van der Waals surface area contributed by atoms with Crippen LogP contribution in [0.4, 0.5) is 13.2 Å². The zero-order chi connectivity index (χ0) is 20.7. The van der Waals surface area contributed by atoms with E-state index in [1.807, 2.05) is 4.68 Å². The molecule has 2 aliphatic carbocycles. The normalized spacial score (nSPS) is 26.1. The molecule has 0 spiro atoms. The van der Waals surface area contributed by atoms with Gasteiger partial charge in [0.25, 0.3) is 0 Å². The fourth-order valence-corrected chi connectivity index (χ4v) is 4.68. The van der Waals surface area contributed by atoms with E-state index >= 15 is 0 Å². The summed E-state index contributed by atoms with van der Waals surface area (Å²) in [6.45, 7) is 3.64. The molecule has 5 rings (SSSR count). The zero-order valence-corrected chi connectivity index (χ0v) is 16.8. The van der Waals surface area contributed by atoms with Crippen molar-refractivity contribution in [3.8, 4) is 11.5 Å². The number of hydrogen-bond donors (Lipinski definition) is 0. The van der Waals surface area contributed by atoms with Crippen molar-refractivity contribution in [2.75, 3.05) is 26.3 Å². The van der Waals surface area contributed by atoms with Crippen molar-refractivity contribution in [1.82, 2.24) is 24.6 Å². The summed E-state index contributed by atoms with van der Waals surface area (Å²) < 4.78 is 46.8. The van der Waals surface area contributed by atoms with Crippen molar-refractivity contribution >= 4 is 0 Å². The first kappa shape index (κ1) is 19.9.